The lowest BCUT2D eigenvalue weighted by molar-refractivity contribution is 0.189. The van der Waals surface area contributed by atoms with Crippen molar-refractivity contribution in [2.24, 2.45) is 11.8 Å². The van der Waals surface area contributed by atoms with Crippen molar-refractivity contribution in [2.75, 3.05) is 13.2 Å². The van der Waals surface area contributed by atoms with Crippen molar-refractivity contribution in [1.82, 2.24) is 5.32 Å². The number of aliphatic hydroxyl groups excluding tert-OH is 1. The van der Waals surface area contributed by atoms with Gasteiger partial charge in [-0.2, -0.15) is 0 Å². The smallest absolute Gasteiger partial charge is 0.0462 e. The fraction of sp³-hybridized carbons (Fsp3) is 0.667. The van der Waals surface area contributed by atoms with E-state index in [1.165, 1.54) is 43.2 Å². The molecule has 0 bridgehead atoms. The van der Waals surface area contributed by atoms with Gasteiger partial charge in [0.25, 0.3) is 0 Å². The fourth-order valence-corrected chi connectivity index (χ4v) is 4.13. The summed E-state index contributed by atoms with van der Waals surface area (Å²) in [6.07, 6.45) is 6.30. The molecule has 2 aliphatic rings. The van der Waals surface area contributed by atoms with E-state index in [4.69, 9.17) is 0 Å². The van der Waals surface area contributed by atoms with E-state index in [2.05, 4.69) is 36.5 Å². The Bertz CT molecular complexity index is 445. The molecule has 2 N–H and O–H groups in total. The topological polar surface area (TPSA) is 32.3 Å². The number of rotatable bonds is 4. The highest BCUT2D eigenvalue weighted by molar-refractivity contribution is 5.34. The monoisotopic (exact) mass is 273 g/mol. The summed E-state index contributed by atoms with van der Waals surface area (Å²) in [4.78, 5) is 0. The summed E-state index contributed by atoms with van der Waals surface area (Å²) in [7, 11) is 0. The highest BCUT2D eigenvalue weighted by atomic mass is 16.3. The van der Waals surface area contributed by atoms with Crippen molar-refractivity contribution >= 4 is 0 Å². The van der Waals surface area contributed by atoms with Crippen molar-refractivity contribution in [3.63, 3.8) is 0 Å². The minimum atomic E-state index is 0.366. The minimum absolute atomic E-state index is 0.366. The van der Waals surface area contributed by atoms with Gasteiger partial charge in [0, 0.05) is 12.6 Å². The highest BCUT2D eigenvalue weighted by Gasteiger charge is 2.29. The molecular formula is C18H27NO. The first kappa shape index (κ1) is 14.1. The molecule has 0 saturated heterocycles. The second-order valence-corrected chi connectivity index (χ2v) is 6.70. The van der Waals surface area contributed by atoms with Gasteiger partial charge >= 0.3 is 0 Å². The second kappa shape index (κ2) is 6.28. The average molecular weight is 273 g/mol. The molecule has 4 atom stereocenters. The molecule has 0 aromatic heterocycles. The van der Waals surface area contributed by atoms with Crippen LogP contribution in [0.2, 0.25) is 0 Å². The summed E-state index contributed by atoms with van der Waals surface area (Å²) < 4.78 is 0. The Morgan fingerprint density at radius 1 is 1.05 bits per heavy atom. The van der Waals surface area contributed by atoms with Crippen molar-refractivity contribution < 1.29 is 5.11 Å². The van der Waals surface area contributed by atoms with Crippen LogP contribution in [0.4, 0.5) is 0 Å². The second-order valence-electron chi connectivity index (χ2n) is 6.70. The van der Waals surface area contributed by atoms with Gasteiger partial charge in [0.05, 0.1) is 0 Å². The standard InChI is InChI=1S/C18H27NO/c1-13-9-10-18(17-8-3-2-7-16(13)17)19-11-14-5-4-6-15(14)12-20/h2-3,7-8,13-15,18-20H,4-6,9-12H2,1H3. The quantitative estimate of drug-likeness (QED) is 0.878. The van der Waals surface area contributed by atoms with Crippen LogP contribution in [-0.4, -0.2) is 18.3 Å². The lowest BCUT2D eigenvalue weighted by atomic mass is 9.81. The van der Waals surface area contributed by atoms with E-state index in [0.29, 0.717) is 30.4 Å². The SMILES string of the molecule is CC1CCC(NCC2CCCC2CO)c2ccccc21. The van der Waals surface area contributed by atoms with Gasteiger partial charge in [-0.1, -0.05) is 37.6 Å². The number of aliphatic hydroxyl groups is 1. The Morgan fingerprint density at radius 3 is 2.60 bits per heavy atom. The number of hydrogen-bond donors (Lipinski definition) is 2. The minimum Gasteiger partial charge on any atom is -0.396 e. The zero-order valence-electron chi connectivity index (χ0n) is 12.5. The van der Waals surface area contributed by atoms with Crippen molar-refractivity contribution in [2.45, 2.75) is 51.0 Å². The zero-order chi connectivity index (χ0) is 13.9. The van der Waals surface area contributed by atoms with E-state index in [1.54, 1.807) is 0 Å². The molecule has 110 valence electrons. The normalized spacial score (nSPS) is 33.1. The maximum atomic E-state index is 9.44. The molecule has 4 unspecified atom stereocenters. The number of benzene rings is 1. The maximum absolute atomic E-state index is 9.44. The van der Waals surface area contributed by atoms with Crippen molar-refractivity contribution in [1.29, 1.82) is 0 Å². The van der Waals surface area contributed by atoms with E-state index in [-0.39, 0.29) is 0 Å². The Morgan fingerprint density at radius 2 is 1.80 bits per heavy atom. The predicted molar refractivity (Wildman–Crippen MR) is 82.8 cm³/mol. The fourth-order valence-electron chi connectivity index (χ4n) is 4.13. The highest BCUT2D eigenvalue weighted by Crippen LogP contribution is 2.38. The number of fused-ring (bicyclic) bond motifs is 1. The van der Waals surface area contributed by atoms with Crippen LogP contribution in [0.25, 0.3) is 0 Å². The van der Waals surface area contributed by atoms with Crippen LogP contribution in [0, 0.1) is 11.8 Å². The molecule has 1 aromatic rings. The third kappa shape index (κ3) is 2.77. The van der Waals surface area contributed by atoms with Crippen LogP contribution in [0.3, 0.4) is 0 Å². The molecule has 3 rings (SSSR count). The van der Waals surface area contributed by atoms with E-state index < -0.39 is 0 Å². The lowest BCUT2D eigenvalue weighted by Crippen LogP contribution is -2.32. The van der Waals surface area contributed by atoms with Crippen LogP contribution < -0.4 is 5.32 Å². The Labute approximate surface area is 122 Å². The summed E-state index contributed by atoms with van der Waals surface area (Å²) in [5, 5.41) is 13.2. The molecule has 0 radical (unpaired) electrons. The Hall–Kier alpha value is -0.860. The van der Waals surface area contributed by atoms with Crippen molar-refractivity contribution in [3.05, 3.63) is 35.4 Å². The summed E-state index contributed by atoms with van der Waals surface area (Å²) in [5.41, 5.74) is 3.03. The molecule has 2 nitrogen and oxygen atoms in total. The molecule has 20 heavy (non-hydrogen) atoms. The average Bonchev–Trinajstić information content (AvgIpc) is 2.94. The molecule has 0 amide bonds. The molecular weight excluding hydrogens is 246 g/mol. The van der Waals surface area contributed by atoms with Gasteiger partial charge in [0.15, 0.2) is 0 Å². The van der Waals surface area contributed by atoms with Crippen LogP contribution in [0.15, 0.2) is 24.3 Å². The third-order valence-electron chi connectivity index (χ3n) is 5.47. The van der Waals surface area contributed by atoms with Gasteiger partial charge < -0.3 is 10.4 Å². The molecule has 1 saturated carbocycles. The van der Waals surface area contributed by atoms with Gasteiger partial charge in [0.1, 0.15) is 0 Å². The molecule has 2 heteroatoms. The van der Waals surface area contributed by atoms with E-state index in [9.17, 15) is 5.11 Å². The zero-order valence-corrected chi connectivity index (χ0v) is 12.5. The molecule has 1 aromatic carbocycles. The summed E-state index contributed by atoms with van der Waals surface area (Å²) >= 11 is 0. The van der Waals surface area contributed by atoms with Crippen LogP contribution in [0.5, 0.6) is 0 Å². The predicted octanol–water partition coefficient (Wildman–Crippen LogP) is 3.62. The molecule has 0 aliphatic heterocycles. The van der Waals surface area contributed by atoms with E-state index in [1.807, 2.05) is 0 Å². The molecule has 0 spiro atoms. The van der Waals surface area contributed by atoms with Gasteiger partial charge in [-0.05, 0) is 61.1 Å². The van der Waals surface area contributed by atoms with Crippen LogP contribution in [0.1, 0.15) is 62.1 Å². The summed E-state index contributed by atoms with van der Waals surface area (Å²) in [6, 6.07) is 9.43. The molecule has 0 heterocycles. The van der Waals surface area contributed by atoms with Crippen LogP contribution >= 0.6 is 0 Å². The van der Waals surface area contributed by atoms with Gasteiger partial charge in [-0.15, -0.1) is 0 Å². The summed E-state index contributed by atoms with van der Waals surface area (Å²) in [6.45, 7) is 3.77. The Balaban J connectivity index is 1.65. The van der Waals surface area contributed by atoms with Crippen LogP contribution in [-0.2, 0) is 0 Å². The Kier molecular flexibility index (Phi) is 4.42. The number of nitrogens with one attached hydrogen (secondary N) is 1. The first-order chi connectivity index (χ1) is 9.79. The summed E-state index contributed by atoms with van der Waals surface area (Å²) in [5.74, 6) is 1.90. The van der Waals surface area contributed by atoms with E-state index >= 15 is 0 Å². The lowest BCUT2D eigenvalue weighted by Gasteiger charge is -2.32. The largest absolute Gasteiger partial charge is 0.396 e. The molecule has 2 aliphatic carbocycles. The van der Waals surface area contributed by atoms with E-state index in [0.717, 1.165) is 6.54 Å². The maximum Gasteiger partial charge on any atom is 0.0462 e. The van der Waals surface area contributed by atoms with Gasteiger partial charge in [-0.3, -0.25) is 0 Å². The van der Waals surface area contributed by atoms with Gasteiger partial charge in [0.2, 0.25) is 0 Å². The first-order valence-corrected chi connectivity index (χ1v) is 8.22. The molecule has 1 fully saturated rings. The third-order valence-corrected chi connectivity index (χ3v) is 5.47. The van der Waals surface area contributed by atoms with Gasteiger partial charge in [-0.25, -0.2) is 0 Å². The van der Waals surface area contributed by atoms with Crippen molar-refractivity contribution in [3.8, 4) is 0 Å². The number of hydrogen-bond acceptors (Lipinski definition) is 2. The first-order valence-electron chi connectivity index (χ1n) is 8.22.